The van der Waals surface area contributed by atoms with Gasteiger partial charge in [-0.25, -0.2) is 0 Å². The summed E-state index contributed by atoms with van der Waals surface area (Å²) in [6.45, 7) is 1.67. The second kappa shape index (κ2) is 4.02. The molecule has 0 fully saturated rings. The van der Waals surface area contributed by atoms with Gasteiger partial charge in [-0.3, -0.25) is 4.79 Å². The third-order valence-corrected chi connectivity index (χ3v) is 2.42. The Bertz CT molecular complexity index is 694. The van der Waals surface area contributed by atoms with Gasteiger partial charge in [-0.1, -0.05) is 6.08 Å². The molecule has 0 unspecified atom stereocenters. The van der Waals surface area contributed by atoms with E-state index in [9.17, 15) is 20.2 Å². The highest BCUT2D eigenvalue weighted by Crippen LogP contribution is 2.37. The Kier molecular flexibility index (Phi) is 2.66. The van der Waals surface area contributed by atoms with Crippen molar-refractivity contribution >= 4 is 17.2 Å². The van der Waals surface area contributed by atoms with Crippen LogP contribution in [0.1, 0.15) is 12.7 Å². The van der Waals surface area contributed by atoms with E-state index < -0.39 is 22.4 Å². The minimum atomic E-state index is -0.870. The lowest BCUT2D eigenvalue weighted by Gasteiger charge is -1.99. The summed E-state index contributed by atoms with van der Waals surface area (Å²) in [5.74, 6) is -1.63. The maximum absolute atomic E-state index is 11.8. The molecule has 2 aromatic heterocycles. The SMILES string of the molecule is C/C=C/c1oc2c(O)c(OC)n(O)c2c(=O)c1O. The zero-order valence-corrected chi connectivity index (χ0v) is 9.67. The predicted octanol–water partition coefficient (Wildman–Crippen LogP) is 1.28. The number of aromatic hydroxyl groups is 2. The second-order valence-electron chi connectivity index (χ2n) is 3.49. The molecule has 7 heteroatoms. The molecule has 0 saturated carbocycles. The van der Waals surface area contributed by atoms with E-state index in [1.54, 1.807) is 13.0 Å². The molecular weight excluding hydrogens is 242 g/mol. The molecule has 0 spiro atoms. The standard InChI is InChI=1S/C11H11NO6/c1-3-4-5-7(13)8(14)6-10(18-5)9(15)11(17-2)12(6)16/h3-4,13,15-16H,1-2H3/b4-3+. The molecule has 18 heavy (non-hydrogen) atoms. The maximum Gasteiger partial charge on any atom is 0.275 e. The van der Waals surface area contributed by atoms with Crippen molar-refractivity contribution in [2.75, 3.05) is 7.11 Å². The molecule has 0 amide bonds. The highest BCUT2D eigenvalue weighted by molar-refractivity contribution is 5.85. The fourth-order valence-corrected chi connectivity index (χ4v) is 1.63. The van der Waals surface area contributed by atoms with Crippen LogP contribution < -0.4 is 10.2 Å². The van der Waals surface area contributed by atoms with Gasteiger partial charge in [-0.15, -0.1) is 4.73 Å². The first-order chi connectivity index (χ1) is 8.52. The number of methoxy groups -OCH3 is 1. The largest absolute Gasteiger partial charge is 0.501 e. The van der Waals surface area contributed by atoms with Gasteiger partial charge in [-0.05, 0) is 13.0 Å². The van der Waals surface area contributed by atoms with Crippen LogP contribution in [0.5, 0.6) is 17.4 Å². The van der Waals surface area contributed by atoms with Crippen molar-refractivity contribution in [1.82, 2.24) is 4.73 Å². The first kappa shape index (κ1) is 11.9. The van der Waals surface area contributed by atoms with E-state index in [0.717, 1.165) is 0 Å². The number of ether oxygens (including phenoxy) is 1. The third kappa shape index (κ3) is 1.41. The Hall–Kier alpha value is -2.57. The summed E-state index contributed by atoms with van der Waals surface area (Å²) >= 11 is 0. The first-order valence-electron chi connectivity index (χ1n) is 5.02. The Morgan fingerprint density at radius 3 is 2.56 bits per heavy atom. The average Bonchev–Trinajstić information content (AvgIpc) is 2.58. The zero-order valence-electron chi connectivity index (χ0n) is 9.67. The normalized spacial score (nSPS) is 11.4. The number of rotatable bonds is 2. The lowest BCUT2D eigenvalue weighted by atomic mass is 10.3. The summed E-state index contributed by atoms with van der Waals surface area (Å²) in [5.41, 5.74) is -1.52. The Labute approximate surface area is 101 Å². The molecule has 7 nitrogen and oxygen atoms in total. The number of allylic oxidation sites excluding steroid dienone is 1. The molecule has 96 valence electrons. The molecule has 0 aliphatic heterocycles. The minimum Gasteiger partial charge on any atom is -0.501 e. The minimum absolute atomic E-state index is 0.112. The number of aromatic nitrogens is 1. The van der Waals surface area contributed by atoms with Crippen LogP contribution >= 0.6 is 0 Å². The Balaban J connectivity index is 2.98. The predicted molar refractivity (Wildman–Crippen MR) is 62.2 cm³/mol. The smallest absolute Gasteiger partial charge is 0.275 e. The van der Waals surface area contributed by atoms with Crippen LogP contribution in [0.25, 0.3) is 17.2 Å². The van der Waals surface area contributed by atoms with Crippen LogP contribution in [0.15, 0.2) is 15.3 Å². The van der Waals surface area contributed by atoms with Crippen molar-refractivity contribution in [2.45, 2.75) is 6.92 Å². The molecule has 0 radical (unpaired) electrons. The lowest BCUT2D eigenvalue weighted by Crippen LogP contribution is -2.07. The molecule has 2 rings (SSSR count). The van der Waals surface area contributed by atoms with Gasteiger partial charge in [0.05, 0.1) is 7.11 Å². The van der Waals surface area contributed by atoms with Crippen molar-refractivity contribution in [3.8, 4) is 17.4 Å². The van der Waals surface area contributed by atoms with Crippen LogP contribution in [0, 0.1) is 0 Å². The zero-order chi connectivity index (χ0) is 13.4. The molecule has 2 heterocycles. The molecule has 2 aromatic rings. The molecule has 0 atom stereocenters. The van der Waals surface area contributed by atoms with E-state index in [4.69, 9.17) is 9.15 Å². The second-order valence-corrected chi connectivity index (χ2v) is 3.49. The molecule has 3 N–H and O–H groups in total. The van der Waals surface area contributed by atoms with Crippen LogP contribution in [0.2, 0.25) is 0 Å². The first-order valence-corrected chi connectivity index (χ1v) is 5.02. The molecule has 0 bridgehead atoms. The molecule has 0 aliphatic rings. The molecule has 0 aliphatic carbocycles. The molecular formula is C11H11NO6. The van der Waals surface area contributed by atoms with Gasteiger partial charge in [0.15, 0.2) is 11.3 Å². The van der Waals surface area contributed by atoms with Crippen molar-refractivity contribution < 1.29 is 24.6 Å². The summed E-state index contributed by atoms with van der Waals surface area (Å²) in [7, 11) is 1.21. The van der Waals surface area contributed by atoms with Gasteiger partial charge < -0.3 is 24.6 Å². The maximum atomic E-state index is 11.8. The van der Waals surface area contributed by atoms with E-state index in [1.165, 1.54) is 13.2 Å². The van der Waals surface area contributed by atoms with E-state index >= 15 is 0 Å². The average molecular weight is 253 g/mol. The van der Waals surface area contributed by atoms with Gasteiger partial charge >= 0.3 is 0 Å². The summed E-state index contributed by atoms with van der Waals surface area (Å²) in [6, 6.07) is 0. The Morgan fingerprint density at radius 1 is 1.33 bits per heavy atom. The molecule has 0 aromatic carbocycles. The van der Waals surface area contributed by atoms with Gasteiger partial charge in [0.2, 0.25) is 17.1 Å². The van der Waals surface area contributed by atoms with Crippen LogP contribution in [-0.4, -0.2) is 27.3 Å². The van der Waals surface area contributed by atoms with Crippen molar-refractivity contribution in [3.63, 3.8) is 0 Å². The van der Waals surface area contributed by atoms with E-state index in [0.29, 0.717) is 4.73 Å². The van der Waals surface area contributed by atoms with Crippen LogP contribution in [0.3, 0.4) is 0 Å². The monoisotopic (exact) mass is 253 g/mol. The van der Waals surface area contributed by atoms with Crippen LogP contribution in [0.4, 0.5) is 0 Å². The number of fused-ring (bicyclic) bond motifs is 1. The number of nitrogens with zero attached hydrogens (tertiary/aromatic N) is 1. The summed E-state index contributed by atoms with van der Waals surface area (Å²) in [5, 5.41) is 29.0. The van der Waals surface area contributed by atoms with Crippen molar-refractivity contribution in [1.29, 1.82) is 0 Å². The third-order valence-electron chi connectivity index (χ3n) is 2.42. The quantitative estimate of drug-likeness (QED) is 0.696. The fraction of sp³-hybridized carbons (Fsp3) is 0.182. The van der Waals surface area contributed by atoms with Gasteiger partial charge in [0.25, 0.3) is 11.3 Å². The van der Waals surface area contributed by atoms with Gasteiger partial charge in [0, 0.05) is 0 Å². The summed E-state index contributed by atoms with van der Waals surface area (Å²) in [6.07, 6.45) is 2.91. The topological polar surface area (TPSA) is 105 Å². The highest BCUT2D eigenvalue weighted by atomic mass is 16.6. The number of hydrogen-bond acceptors (Lipinski definition) is 6. The van der Waals surface area contributed by atoms with E-state index in [2.05, 4.69) is 0 Å². The summed E-state index contributed by atoms with van der Waals surface area (Å²) < 4.78 is 10.2. The Morgan fingerprint density at radius 2 is 2.00 bits per heavy atom. The van der Waals surface area contributed by atoms with Crippen molar-refractivity contribution in [3.05, 3.63) is 22.1 Å². The number of hydrogen-bond donors (Lipinski definition) is 3. The summed E-state index contributed by atoms with van der Waals surface area (Å²) in [4.78, 5) is 11.8. The van der Waals surface area contributed by atoms with Crippen molar-refractivity contribution in [2.24, 2.45) is 0 Å². The highest BCUT2D eigenvalue weighted by Gasteiger charge is 2.25. The van der Waals surface area contributed by atoms with E-state index in [1.807, 2.05) is 0 Å². The fourth-order valence-electron chi connectivity index (χ4n) is 1.63. The lowest BCUT2D eigenvalue weighted by molar-refractivity contribution is 0.160. The molecule has 0 saturated heterocycles. The van der Waals surface area contributed by atoms with Gasteiger partial charge in [0.1, 0.15) is 0 Å². The van der Waals surface area contributed by atoms with Crippen LogP contribution in [-0.2, 0) is 0 Å². The van der Waals surface area contributed by atoms with Gasteiger partial charge in [-0.2, -0.15) is 0 Å². The van der Waals surface area contributed by atoms with E-state index in [-0.39, 0.29) is 17.2 Å².